The van der Waals surface area contributed by atoms with Crippen LogP contribution in [0.1, 0.15) is 21.5 Å². The molecule has 0 saturated carbocycles. The Balaban J connectivity index is 0.00000166. The van der Waals surface area contributed by atoms with Crippen molar-refractivity contribution < 1.29 is 32.1 Å². The summed E-state index contributed by atoms with van der Waals surface area (Å²) in [5.41, 5.74) is -3.67. The molecule has 1 atom stereocenters. The first-order valence-electron chi connectivity index (χ1n) is 9.01. The third-order valence-corrected chi connectivity index (χ3v) is 4.53. The minimum atomic E-state index is -5.21. The maximum Gasteiger partial charge on any atom is 0.416 e. The van der Waals surface area contributed by atoms with E-state index < -0.39 is 28.9 Å². The smallest absolute Gasteiger partial charge is 0.416 e. The Kier molecular flexibility index (Phi) is 8.22. The third kappa shape index (κ3) is 5.06. The van der Waals surface area contributed by atoms with E-state index in [9.17, 15) is 22.8 Å². The Morgan fingerprint density at radius 2 is 1.19 bits per heavy atom. The number of hydrogen-bond acceptors (Lipinski definition) is 4. The lowest BCUT2D eigenvalue weighted by molar-refractivity contribution is -0.198. The number of Topliss-reactive ketones (excluding diaryl/α,β-unsaturated/α-hetero) is 1. The summed E-state index contributed by atoms with van der Waals surface area (Å²) in [6, 6.07) is 21.7. The van der Waals surface area contributed by atoms with E-state index in [2.05, 4.69) is 0 Å². The van der Waals surface area contributed by atoms with Crippen molar-refractivity contribution in [2.75, 3.05) is 0 Å². The second-order valence-electron chi connectivity index (χ2n) is 6.37. The van der Waals surface area contributed by atoms with E-state index in [0.29, 0.717) is 5.56 Å². The molecule has 8 heteroatoms. The molecule has 0 bridgehead atoms. The van der Waals surface area contributed by atoms with Crippen LogP contribution in [0.5, 0.6) is 0 Å². The predicted octanol–water partition coefficient (Wildman–Crippen LogP) is 5.59. The zero-order valence-electron chi connectivity index (χ0n) is 16.1. The Morgan fingerprint density at radius 3 is 1.68 bits per heavy atom. The van der Waals surface area contributed by atoms with Crippen LogP contribution in [-0.4, -0.2) is 17.9 Å². The highest BCUT2D eigenvalue weighted by atomic mass is 31.0. The van der Waals surface area contributed by atoms with E-state index in [-0.39, 0.29) is 12.2 Å². The van der Waals surface area contributed by atoms with Crippen LogP contribution in [0.15, 0.2) is 91.0 Å². The fourth-order valence-corrected chi connectivity index (χ4v) is 3.08. The van der Waals surface area contributed by atoms with Crippen molar-refractivity contribution in [3.63, 3.8) is 0 Å². The highest BCUT2D eigenvalue weighted by molar-refractivity contribution is 7.00. The standard InChI is InChI=1S/C23H17F3O3.HOP/c24-23(25,26)22(19-14-8-3-9-15-19,20(27)18-12-6-2-7-13-18)21(28)29-16-17-10-4-1-5-11-17;1-2/h1-15H,16H2;2H. The van der Waals surface area contributed by atoms with Gasteiger partial charge in [0.25, 0.3) is 0 Å². The van der Waals surface area contributed by atoms with Gasteiger partial charge in [-0.05, 0) is 11.1 Å². The molecule has 0 amide bonds. The average Bonchev–Trinajstić information content (AvgIpc) is 2.80. The van der Waals surface area contributed by atoms with E-state index in [4.69, 9.17) is 9.30 Å². The number of esters is 1. The fourth-order valence-electron chi connectivity index (χ4n) is 3.08. The van der Waals surface area contributed by atoms with Crippen LogP contribution in [0, 0.1) is 0 Å². The van der Waals surface area contributed by atoms with Gasteiger partial charge < -0.3 is 4.74 Å². The molecule has 0 heterocycles. The van der Waals surface area contributed by atoms with Gasteiger partial charge >= 0.3 is 12.1 Å². The zero-order valence-corrected chi connectivity index (χ0v) is 17.1. The number of hydrogen-bond donors (Lipinski definition) is 0. The monoisotopic (exact) mass is 446 g/mol. The van der Waals surface area contributed by atoms with E-state index in [1.54, 1.807) is 45.5 Å². The highest BCUT2D eigenvalue weighted by Gasteiger charge is 2.67. The second kappa shape index (κ2) is 10.6. The maximum atomic E-state index is 14.5. The Morgan fingerprint density at radius 1 is 0.742 bits per heavy atom. The number of rotatable bonds is 6. The van der Waals surface area contributed by atoms with Crippen molar-refractivity contribution in [3.05, 3.63) is 108 Å². The van der Waals surface area contributed by atoms with E-state index in [1.807, 2.05) is 0 Å². The predicted molar refractivity (Wildman–Crippen MR) is 110 cm³/mol. The van der Waals surface area contributed by atoms with Gasteiger partial charge in [0.15, 0.2) is 5.78 Å². The average molecular weight is 446 g/mol. The molecular formula is C23H18F3O4P. The summed E-state index contributed by atoms with van der Waals surface area (Å²) in [5, 5.41) is 0. The quantitative estimate of drug-likeness (QED) is 0.214. The van der Waals surface area contributed by atoms with E-state index >= 15 is 0 Å². The molecule has 0 spiro atoms. The molecule has 0 aliphatic heterocycles. The second-order valence-corrected chi connectivity index (χ2v) is 6.37. The zero-order chi connectivity index (χ0) is 22.9. The minimum absolute atomic E-state index is 0.231. The molecule has 3 aromatic carbocycles. The fraction of sp³-hybridized carbons (Fsp3) is 0.130. The molecule has 0 fully saturated rings. The maximum absolute atomic E-state index is 14.5. The van der Waals surface area contributed by atoms with Gasteiger partial charge in [0, 0.05) is 5.56 Å². The van der Waals surface area contributed by atoms with Crippen LogP contribution < -0.4 is 0 Å². The molecule has 3 rings (SSSR count). The summed E-state index contributed by atoms with van der Waals surface area (Å²) >= 11 is 0. The summed E-state index contributed by atoms with van der Waals surface area (Å²) in [7, 11) is 1.72. The Bertz CT molecular complexity index is 996. The van der Waals surface area contributed by atoms with Crippen molar-refractivity contribution >= 4 is 20.9 Å². The molecule has 0 N–H and O–H groups in total. The van der Waals surface area contributed by atoms with Crippen molar-refractivity contribution in [2.24, 2.45) is 0 Å². The summed E-state index contributed by atoms with van der Waals surface area (Å²) in [4.78, 5) is 26.1. The SMILES string of the molecule is O=C(OCc1ccccc1)C(C(=O)c1ccccc1)(c1ccccc1)C(F)(F)F.O=P. The molecule has 0 aliphatic rings. The van der Waals surface area contributed by atoms with Crippen LogP contribution in [-0.2, 0) is 26.1 Å². The van der Waals surface area contributed by atoms with Gasteiger partial charge in [0.05, 0.1) is 0 Å². The topological polar surface area (TPSA) is 60.4 Å². The molecule has 4 nitrogen and oxygen atoms in total. The number of ether oxygens (including phenoxy) is 1. The normalized spacial score (nSPS) is 12.6. The first-order chi connectivity index (χ1) is 14.9. The number of ketones is 1. The van der Waals surface area contributed by atoms with Gasteiger partial charge in [-0.3, -0.25) is 14.2 Å². The van der Waals surface area contributed by atoms with Gasteiger partial charge in [0.1, 0.15) is 15.7 Å². The van der Waals surface area contributed by atoms with Crippen LogP contribution in [0.25, 0.3) is 0 Å². The van der Waals surface area contributed by atoms with Gasteiger partial charge in [-0.1, -0.05) is 91.0 Å². The van der Waals surface area contributed by atoms with Crippen molar-refractivity contribution in [1.82, 2.24) is 0 Å². The molecule has 0 saturated heterocycles. The van der Waals surface area contributed by atoms with Crippen molar-refractivity contribution in [1.29, 1.82) is 0 Å². The van der Waals surface area contributed by atoms with Crippen LogP contribution in [0.2, 0.25) is 0 Å². The summed E-state index contributed by atoms with van der Waals surface area (Å²) in [6.07, 6.45) is -5.21. The molecule has 0 radical (unpaired) electrons. The lowest BCUT2D eigenvalue weighted by atomic mass is 9.73. The first-order valence-corrected chi connectivity index (χ1v) is 9.42. The summed E-state index contributed by atoms with van der Waals surface area (Å²) in [6.45, 7) is -0.383. The van der Waals surface area contributed by atoms with Crippen LogP contribution >= 0.6 is 9.12 Å². The number of alkyl halides is 3. The molecule has 0 aromatic heterocycles. The largest absolute Gasteiger partial charge is 0.460 e. The molecular weight excluding hydrogens is 428 g/mol. The van der Waals surface area contributed by atoms with Gasteiger partial charge in [-0.2, -0.15) is 13.2 Å². The molecule has 0 aliphatic carbocycles. The number of benzene rings is 3. The molecule has 31 heavy (non-hydrogen) atoms. The number of halogens is 3. The molecule has 1 unspecified atom stereocenters. The van der Waals surface area contributed by atoms with Crippen molar-refractivity contribution in [3.8, 4) is 0 Å². The first kappa shape index (κ1) is 24.0. The summed E-state index contributed by atoms with van der Waals surface area (Å²) < 4.78 is 56.4. The minimum Gasteiger partial charge on any atom is -0.460 e. The van der Waals surface area contributed by atoms with E-state index in [0.717, 1.165) is 12.1 Å². The van der Waals surface area contributed by atoms with Gasteiger partial charge in [0.2, 0.25) is 5.41 Å². The van der Waals surface area contributed by atoms with Crippen LogP contribution in [0.4, 0.5) is 13.2 Å². The highest BCUT2D eigenvalue weighted by Crippen LogP contribution is 2.45. The summed E-state index contributed by atoms with van der Waals surface area (Å²) in [5.74, 6) is -3.04. The number of carbonyl (C=O) groups is 2. The third-order valence-electron chi connectivity index (χ3n) is 4.53. The molecule has 3 aromatic rings. The Hall–Kier alpha value is -3.31. The van der Waals surface area contributed by atoms with Crippen molar-refractivity contribution in [2.45, 2.75) is 18.2 Å². The number of carbonyl (C=O) groups excluding carboxylic acids is 2. The van der Waals surface area contributed by atoms with Gasteiger partial charge in [-0.15, -0.1) is 0 Å². The van der Waals surface area contributed by atoms with Crippen LogP contribution in [0.3, 0.4) is 0 Å². The van der Waals surface area contributed by atoms with Gasteiger partial charge in [-0.25, -0.2) is 0 Å². The lowest BCUT2D eigenvalue weighted by Gasteiger charge is -2.32. The molecule has 160 valence electrons. The lowest BCUT2D eigenvalue weighted by Crippen LogP contribution is -2.56. The Labute approximate surface area is 179 Å². The van der Waals surface area contributed by atoms with E-state index in [1.165, 1.54) is 42.5 Å².